The average molecular weight is 299 g/mol. The summed E-state index contributed by atoms with van der Waals surface area (Å²) >= 11 is 0. The monoisotopic (exact) mass is 298 g/mol. The van der Waals surface area contributed by atoms with E-state index in [4.69, 9.17) is 4.74 Å². The normalized spacial score (nSPS) is 13.4. The lowest BCUT2D eigenvalue weighted by atomic mass is 10.1. The van der Waals surface area contributed by atoms with Gasteiger partial charge in [0.2, 0.25) is 5.91 Å². The molecule has 112 valence electrons. The van der Waals surface area contributed by atoms with Crippen molar-refractivity contribution < 1.29 is 9.53 Å². The van der Waals surface area contributed by atoms with Crippen LogP contribution in [-0.2, 0) is 11.2 Å². The van der Waals surface area contributed by atoms with Gasteiger partial charge in [0, 0.05) is 6.54 Å². The second-order valence-corrected chi connectivity index (χ2v) is 5.03. The Balaban J connectivity index is 0.00000200. The third-order valence-corrected chi connectivity index (χ3v) is 3.29. The molecule has 0 unspecified atom stereocenters. The number of carbonyl (C=O) groups is 1. The van der Waals surface area contributed by atoms with Crippen LogP contribution in [-0.4, -0.2) is 32.7 Å². The van der Waals surface area contributed by atoms with E-state index >= 15 is 0 Å². The van der Waals surface area contributed by atoms with Crippen molar-refractivity contribution in [3.05, 3.63) is 29.8 Å². The minimum absolute atomic E-state index is 0. The van der Waals surface area contributed by atoms with Crippen LogP contribution in [0.4, 0.5) is 0 Å². The average Bonchev–Trinajstić information content (AvgIpc) is 3.23. The highest BCUT2D eigenvalue weighted by atomic mass is 35.5. The highest BCUT2D eigenvalue weighted by molar-refractivity contribution is 5.85. The Morgan fingerprint density at radius 1 is 1.40 bits per heavy atom. The number of benzene rings is 1. The first-order valence-corrected chi connectivity index (χ1v) is 6.88. The molecule has 5 heteroatoms. The lowest BCUT2D eigenvalue weighted by Gasteiger charge is -2.07. The Morgan fingerprint density at radius 2 is 2.20 bits per heavy atom. The van der Waals surface area contributed by atoms with E-state index in [-0.39, 0.29) is 18.3 Å². The third kappa shape index (κ3) is 6.26. The zero-order chi connectivity index (χ0) is 13.5. The standard InChI is InChI=1S/C15H22N2O2.ClH/c1-19-14-4-2-3-12(9-14)7-8-17-15(18)11-16-10-13-5-6-13;/h2-4,9,13,16H,5-8,10-11H2,1H3,(H,17,18);1H. The second kappa shape index (κ2) is 8.82. The molecular formula is C15H23ClN2O2. The summed E-state index contributed by atoms with van der Waals surface area (Å²) in [5.74, 6) is 1.74. The number of hydrogen-bond acceptors (Lipinski definition) is 3. The van der Waals surface area contributed by atoms with Gasteiger partial charge in [-0.1, -0.05) is 12.1 Å². The molecule has 0 spiro atoms. The van der Waals surface area contributed by atoms with Gasteiger partial charge in [-0.3, -0.25) is 4.79 Å². The summed E-state index contributed by atoms with van der Waals surface area (Å²) in [6.45, 7) is 2.06. The first kappa shape index (κ1) is 16.8. The van der Waals surface area contributed by atoms with Crippen molar-refractivity contribution in [3.8, 4) is 5.75 Å². The van der Waals surface area contributed by atoms with Gasteiger partial charge < -0.3 is 15.4 Å². The molecule has 0 aliphatic heterocycles. The highest BCUT2D eigenvalue weighted by Crippen LogP contribution is 2.27. The van der Waals surface area contributed by atoms with E-state index < -0.39 is 0 Å². The minimum Gasteiger partial charge on any atom is -0.497 e. The summed E-state index contributed by atoms with van der Waals surface area (Å²) in [4.78, 5) is 11.6. The third-order valence-electron chi connectivity index (χ3n) is 3.29. The van der Waals surface area contributed by atoms with Crippen molar-refractivity contribution in [2.24, 2.45) is 5.92 Å². The molecular weight excluding hydrogens is 276 g/mol. The topological polar surface area (TPSA) is 50.4 Å². The molecule has 1 aliphatic carbocycles. The van der Waals surface area contributed by atoms with Crippen LogP contribution in [0, 0.1) is 5.92 Å². The predicted molar refractivity (Wildman–Crippen MR) is 82.5 cm³/mol. The van der Waals surface area contributed by atoms with Gasteiger partial charge in [-0.15, -0.1) is 12.4 Å². The first-order chi connectivity index (χ1) is 9.28. The van der Waals surface area contributed by atoms with Gasteiger partial charge in [-0.2, -0.15) is 0 Å². The van der Waals surface area contributed by atoms with Crippen molar-refractivity contribution in [1.29, 1.82) is 0 Å². The molecule has 1 aliphatic rings. The van der Waals surface area contributed by atoms with Crippen LogP contribution in [0.25, 0.3) is 0 Å². The molecule has 1 aromatic carbocycles. The maximum absolute atomic E-state index is 11.6. The van der Waals surface area contributed by atoms with E-state index in [0.717, 1.165) is 24.6 Å². The maximum atomic E-state index is 11.6. The molecule has 0 bridgehead atoms. The van der Waals surface area contributed by atoms with Crippen LogP contribution < -0.4 is 15.4 Å². The van der Waals surface area contributed by atoms with Crippen LogP contribution in [0.15, 0.2) is 24.3 Å². The largest absolute Gasteiger partial charge is 0.497 e. The van der Waals surface area contributed by atoms with E-state index in [9.17, 15) is 4.79 Å². The Morgan fingerprint density at radius 3 is 2.90 bits per heavy atom. The fourth-order valence-electron chi connectivity index (χ4n) is 1.95. The quantitative estimate of drug-likeness (QED) is 0.769. The van der Waals surface area contributed by atoms with E-state index in [2.05, 4.69) is 10.6 Å². The lowest BCUT2D eigenvalue weighted by molar-refractivity contribution is -0.120. The summed E-state index contributed by atoms with van der Waals surface area (Å²) in [6.07, 6.45) is 3.44. The number of rotatable bonds is 8. The molecule has 1 amide bonds. The van der Waals surface area contributed by atoms with Gasteiger partial charge in [0.15, 0.2) is 0 Å². The lowest BCUT2D eigenvalue weighted by Crippen LogP contribution is -2.35. The van der Waals surface area contributed by atoms with Crippen molar-refractivity contribution in [1.82, 2.24) is 10.6 Å². The maximum Gasteiger partial charge on any atom is 0.233 e. The number of amides is 1. The fourth-order valence-corrected chi connectivity index (χ4v) is 1.95. The first-order valence-electron chi connectivity index (χ1n) is 6.88. The summed E-state index contributed by atoms with van der Waals surface area (Å²) in [6, 6.07) is 7.93. The number of halogens is 1. The zero-order valence-electron chi connectivity index (χ0n) is 11.9. The van der Waals surface area contributed by atoms with E-state index in [1.165, 1.54) is 18.4 Å². The molecule has 2 N–H and O–H groups in total. The van der Waals surface area contributed by atoms with Crippen LogP contribution >= 0.6 is 12.4 Å². The summed E-state index contributed by atoms with van der Waals surface area (Å²) in [7, 11) is 1.66. The molecule has 0 heterocycles. The minimum atomic E-state index is 0. The van der Waals surface area contributed by atoms with Crippen molar-refractivity contribution in [2.75, 3.05) is 26.7 Å². The number of methoxy groups -OCH3 is 1. The van der Waals surface area contributed by atoms with Crippen LogP contribution in [0.3, 0.4) is 0 Å². The number of nitrogens with one attached hydrogen (secondary N) is 2. The van der Waals surface area contributed by atoms with Crippen LogP contribution in [0.5, 0.6) is 5.75 Å². The fraction of sp³-hybridized carbons (Fsp3) is 0.533. The molecule has 1 aromatic rings. The predicted octanol–water partition coefficient (Wildman–Crippen LogP) is 1.78. The Labute approximate surface area is 126 Å². The number of hydrogen-bond donors (Lipinski definition) is 2. The van der Waals surface area contributed by atoms with Crippen molar-refractivity contribution in [3.63, 3.8) is 0 Å². The van der Waals surface area contributed by atoms with Gasteiger partial charge in [0.25, 0.3) is 0 Å². The summed E-state index contributed by atoms with van der Waals surface area (Å²) in [5.41, 5.74) is 1.17. The second-order valence-electron chi connectivity index (χ2n) is 5.03. The molecule has 20 heavy (non-hydrogen) atoms. The van der Waals surface area contributed by atoms with Gasteiger partial charge in [-0.05, 0) is 49.4 Å². The molecule has 1 fully saturated rings. The van der Waals surface area contributed by atoms with Gasteiger partial charge >= 0.3 is 0 Å². The number of carbonyl (C=O) groups excluding carboxylic acids is 1. The van der Waals surface area contributed by atoms with Gasteiger partial charge in [0.1, 0.15) is 5.75 Å². The highest BCUT2D eigenvalue weighted by Gasteiger charge is 2.20. The van der Waals surface area contributed by atoms with E-state index in [1.807, 2.05) is 24.3 Å². The molecule has 0 aromatic heterocycles. The molecule has 1 saturated carbocycles. The molecule has 0 saturated heterocycles. The van der Waals surface area contributed by atoms with E-state index in [1.54, 1.807) is 7.11 Å². The zero-order valence-corrected chi connectivity index (χ0v) is 12.7. The Bertz CT molecular complexity index is 422. The Hall–Kier alpha value is -1.26. The van der Waals surface area contributed by atoms with Crippen molar-refractivity contribution >= 4 is 18.3 Å². The van der Waals surface area contributed by atoms with Gasteiger partial charge in [0.05, 0.1) is 13.7 Å². The molecule has 0 atom stereocenters. The Kier molecular flexibility index (Phi) is 7.41. The molecule has 0 radical (unpaired) electrons. The molecule has 2 rings (SSSR count). The van der Waals surface area contributed by atoms with Crippen LogP contribution in [0.2, 0.25) is 0 Å². The SMILES string of the molecule is COc1cccc(CCNC(=O)CNCC2CC2)c1.Cl. The number of ether oxygens (including phenoxy) is 1. The summed E-state index contributed by atoms with van der Waals surface area (Å²) in [5, 5.41) is 6.10. The van der Waals surface area contributed by atoms with Crippen molar-refractivity contribution in [2.45, 2.75) is 19.3 Å². The van der Waals surface area contributed by atoms with Crippen LogP contribution in [0.1, 0.15) is 18.4 Å². The summed E-state index contributed by atoms with van der Waals surface area (Å²) < 4.78 is 5.17. The molecule has 4 nitrogen and oxygen atoms in total. The van der Waals surface area contributed by atoms with E-state index in [0.29, 0.717) is 13.1 Å². The smallest absolute Gasteiger partial charge is 0.233 e. The van der Waals surface area contributed by atoms with Gasteiger partial charge in [-0.25, -0.2) is 0 Å².